The molecule has 2 N–H and O–H groups in total. The zero-order valence-electron chi connectivity index (χ0n) is 14.0. The fourth-order valence-corrected chi connectivity index (χ4v) is 4.04. The van der Waals surface area contributed by atoms with Gasteiger partial charge in [0.1, 0.15) is 24.2 Å². The second-order valence-corrected chi connectivity index (χ2v) is 6.54. The molecule has 0 aliphatic carbocycles. The third-order valence-corrected chi connectivity index (χ3v) is 5.33. The number of fused-ring (bicyclic) bond motifs is 5. The first-order valence-electron chi connectivity index (χ1n) is 8.37. The number of benzene rings is 1. The third-order valence-electron chi connectivity index (χ3n) is 5.33. The van der Waals surface area contributed by atoms with Crippen LogP contribution in [0.2, 0.25) is 0 Å². The van der Waals surface area contributed by atoms with Crippen LogP contribution in [0.1, 0.15) is 24.3 Å². The summed E-state index contributed by atoms with van der Waals surface area (Å²) in [5.74, 6) is -0.915. The first-order chi connectivity index (χ1) is 11.7. The van der Waals surface area contributed by atoms with Crippen molar-refractivity contribution in [3.05, 3.63) is 35.9 Å². The number of aliphatic hydroxyl groups excluding tert-OH is 2. The van der Waals surface area contributed by atoms with Gasteiger partial charge in [0.05, 0.1) is 6.61 Å². The van der Waals surface area contributed by atoms with E-state index in [4.69, 9.17) is 14.6 Å². The molecule has 0 aromatic heterocycles. The minimum absolute atomic E-state index is 0.0622. The van der Waals surface area contributed by atoms with Gasteiger partial charge in [-0.2, -0.15) is 0 Å². The standard InChI is InChI=1S/C17H21NO4.CH4O/c1-18-13-7-11(8-14(18)16-15(13)22-16)21-17(20)12(9-19)10-5-3-2-4-6-10;1-2/h2-6,11-16,19H,7-9H2,1H3;2H,1H3/t11-,12-,13-,14+,15-,16+;/m1./s1. The first-order valence-corrected chi connectivity index (χ1v) is 8.37. The molecule has 3 aliphatic heterocycles. The van der Waals surface area contributed by atoms with E-state index in [1.165, 1.54) is 0 Å². The van der Waals surface area contributed by atoms with Crippen molar-refractivity contribution in [3.8, 4) is 0 Å². The summed E-state index contributed by atoms with van der Waals surface area (Å²) < 4.78 is 11.4. The highest BCUT2D eigenvalue weighted by Crippen LogP contribution is 2.48. The summed E-state index contributed by atoms with van der Waals surface area (Å²) in [6, 6.07) is 10.1. The van der Waals surface area contributed by atoms with Crippen molar-refractivity contribution in [1.82, 2.24) is 4.90 Å². The van der Waals surface area contributed by atoms with Gasteiger partial charge in [0, 0.05) is 32.0 Å². The molecule has 132 valence electrons. The van der Waals surface area contributed by atoms with Crippen LogP contribution in [0.3, 0.4) is 0 Å². The maximum absolute atomic E-state index is 12.4. The summed E-state index contributed by atoms with van der Waals surface area (Å²) in [4.78, 5) is 14.8. The molecule has 2 bridgehead atoms. The number of likely N-dealkylation sites (N-methyl/N-ethyl adjacent to an activating group) is 1. The molecule has 24 heavy (non-hydrogen) atoms. The minimum atomic E-state index is -0.593. The smallest absolute Gasteiger partial charge is 0.316 e. The summed E-state index contributed by atoms with van der Waals surface area (Å²) in [6.45, 7) is -0.226. The van der Waals surface area contributed by atoms with Gasteiger partial charge in [-0.3, -0.25) is 9.69 Å². The average molecular weight is 335 g/mol. The zero-order valence-corrected chi connectivity index (χ0v) is 14.0. The normalized spacial score (nSPS) is 34.6. The number of nitrogens with zero attached hydrogens (tertiary/aromatic N) is 1. The molecule has 0 radical (unpaired) electrons. The van der Waals surface area contributed by atoms with Crippen LogP contribution in [-0.4, -0.2) is 72.2 Å². The van der Waals surface area contributed by atoms with E-state index in [0.717, 1.165) is 25.5 Å². The number of rotatable bonds is 4. The molecule has 0 spiro atoms. The molecule has 6 heteroatoms. The van der Waals surface area contributed by atoms with Gasteiger partial charge < -0.3 is 19.7 Å². The summed E-state index contributed by atoms with van der Waals surface area (Å²) >= 11 is 0. The van der Waals surface area contributed by atoms with Crippen LogP contribution < -0.4 is 0 Å². The second kappa shape index (κ2) is 7.19. The van der Waals surface area contributed by atoms with E-state index < -0.39 is 5.92 Å². The molecule has 6 nitrogen and oxygen atoms in total. The largest absolute Gasteiger partial charge is 0.462 e. The number of aliphatic hydroxyl groups is 2. The number of piperidine rings is 1. The number of epoxide rings is 1. The quantitative estimate of drug-likeness (QED) is 0.617. The van der Waals surface area contributed by atoms with E-state index in [2.05, 4.69) is 11.9 Å². The Hall–Kier alpha value is -1.47. The predicted octanol–water partition coefficient (Wildman–Crippen LogP) is 0.527. The number of esters is 1. The van der Waals surface area contributed by atoms with Crippen LogP contribution in [0.25, 0.3) is 0 Å². The van der Waals surface area contributed by atoms with Gasteiger partial charge >= 0.3 is 5.97 Å². The van der Waals surface area contributed by atoms with Crippen molar-refractivity contribution in [3.63, 3.8) is 0 Å². The van der Waals surface area contributed by atoms with E-state index in [1.54, 1.807) is 0 Å². The molecule has 3 fully saturated rings. The van der Waals surface area contributed by atoms with E-state index >= 15 is 0 Å². The fourth-order valence-electron chi connectivity index (χ4n) is 4.04. The van der Waals surface area contributed by atoms with E-state index in [9.17, 15) is 9.90 Å². The van der Waals surface area contributed by atoms with Crippen LogP contribution in [0.4, 0.5) is 0 Å². The molecule has 0 unspecified atom stereocenters. The van der Waals surface area contributed by atoms with E-state index in [0.29, 0.717) is 24.3 Å². The summed E-state index contributed by atoms with van der Waals surface area (Å²) in [6.07, 6.45) is 2.26. The number of ether oxygens (including phenoxy) is 2. The molecule has 4 rings (SSSR count). The Kier molecular flexibility index (Phi) is 5.20. The Balaban J connectivity index is 0.000000815. The molecule has 1 aromatic rings. The topological polar surface area (TPSA) is 82.5 Å². The van der Waals surface area contributed by atoms with Crippen molar-refractivity contribution in [2.45, 2.75) is 49.2 Å². The molecule has 0 saturated carbocycles. The van der Waals surface area contributed by atoms with Crippen molar-refractivity contribution in [2.24, 2.45) is 0 Å². The van der Waals surface area contributed by atoms with Gasteiger partial charge in [-0.25, -0.2) is 0 Å². The van der Waals surface area contributed by atoms with Crippen LogP contribution in [0.5, 0.6) is 0 Å². The molecule has 1 aromatic carbocycles. The second-order valence-electron chi connectivity index (χ2n) is 6.54. The van der Waals surface area contributed by atoms with E-state index in [-0.39, 0.29) is 18.7 Å². The van der Waals surface area contributed by atoms with Crippen molar-refractivity contribution in [1.29, 1.82) is 0 Å². The lowest BCUT2D eigenvalue weighted by molar-refractivity contribution is -0.156. The maximum atomic E-state index is 12.4. The van der Waals surface area contributed by atoms with E-state index in [1.807, 2.05) is 30.3 Å². The van der Waals surface area contributed by atoms with Crippen molar-refractivity contribution >= 4 is 5.97 Å². The lowest BCUT2D eigenvalue weighted by atomic mass is 9.97. The fraction of sp³-hybridized carbons (Fsp3) is 0.611. The summed E-state index contributed by atoms with van der Waals surface area (Å²) in [5, 5.41) is 16.6. The Morgan fingerprint density at radius 3 is 2.38 bits per heavy atom. The molecule has 6 atom stereocenters. The van der Waals surface area contributed by atoms with Gasteiger partial charge in [-0.15, -0.1) is 0 Å². The van der Waals surface area contributed by atoms with Gasteiger partial charge in [0.15, 0.2) is 0 Å². The monoisotopic (exact) mass is 335 g/mol. The number of carbonyl (C=O) groups is 1. The number of hydrogen-bond acceptors (Lipinski definition) is 6. The van der Waals surface area contributed by atoms with Gasteiger partial charge in [0.2, 0.25) is 0 Å². The highest BCUT2D eigenvalue weighted by atomic mass is 16.6. The van der Waals surface area contributed by atoms with Gasteiger partial charge in [-0.05, 0) is 12.6 Å². The molecular formula is C18H25NO5. The minimum Gasteiger partial charge on any atom is -0.462 e. The third kappa shape index (κ3) is 3.07. The molecule has 0 amide bonds. The van der Waals surface area contributed by atoms with Crippen LogP contribution >= 0.6 is 0 Å². The maximum Gasteiger partial charge on any atom is 0.316 e. The average Bonchev–Trinajstić information content (AvgIpc) is 3.36. The highest BCUT2D eigenvalue weighted by Gasteiger charge is 2.62. The SMILES string of the molecule is CN1[C@@H]2C[C@@H](OC(=O)[C@H](CO)c3ccccc3)C[C@H]1[C@@H]1O[C@@H]12.CO. The highest BCUT2D eigenvalue weighted by molar-refractivity contribution is 5.78. The van der Waals surface area contributed by atoms with Crippen LogP contribution in [0, 0.1) is 0 Å². The Morgan fingerprint density at radius 1 is 1.25 bits per heavy atom. The molecule has 3 aliphatic rings. The van der Waals surface area contributed by atoms with Crippen LogP contribution in [-0.2, 0) is 14.3 Å². The Labute approximate surface area is 142 Å². The number of carbonyl (C=O) groups excluding carboxylic acids is 1. The molecule has 3 heterocycles. The molecule has 3 saturated heterocycles. The first kappa shape index (κ1) is 17.4. The zero-order chi connectivity index (χ0) is 17.3. The number of hydrogen-bond donors (Lipinski definition) is 2. The van der Waals surface area contributed by atoms with Gasteiger partial charge in [0.25, 0.3) is 0 Å². The van der Waals surface area contributed by atoms with Crippen molar-refractivity contribution < 1.29 is 24.5 Å². The lowest BCUT2D eigenvalue weighted by Crippen LogP contribution is -2.48. The molecular weight excluding hydrogens is 310 g/mol. The Morgan fingerprint density at radius 2 is 1.83 bits per heavy atom. The summed E-state index contributed by atoms with van der Waals surface area (Å²) in [7, 11) is 3.13. The Bertz CT molecular complexity index is 548. The van der Waals surface area contributed by atoms with Crippen molar-refractivity contribution in [2.75, 3.05) is 20.8 Å². The number of morpholine rings is 1. The predicted molar refractivity (Wildman–Crippen MR) is 87.5 cm³/mol. The summed E-state index contributed by atoms with van der Waals surface area (Å²) in [5.41, 5.74) is 0.803. The lowest BCUT2D eigenvalue weighted by Gasteiger charge is -2.38. The van der Waals surface area contributed by atoms with Crippen LogP contribution in [0.15, 0.2) is 30.3 Å². The van der Waals surface area contributed by atoms with Gasteiger partial charge in [-0.1, -0.05) is 30.3 Å².